The summed E-state index contributed by atoms with van der Waals surface area (Å²) in [6.45, 7) is 0.0541. The number of esters is 1. The van der Waals surface area contributed by atoms with Crippen LogP contribution in [0.2, 0.25) is 0 Å². The molecule has 0 radical (unpaired) electrons. The van der Waals surface area contributed by atoms with Gasteiger partial charge in [-0.15, -0.1) is 0 Å². The number of aromatic nitrogens is 3. The molecule has 0 bridgehead atoms. The molecule has 3 rings (SSSR count). The highest BCUT2D eigenvalue weighted by Crippen LogP contribution is 2.14. The van der Waals surface area contributed by atoms with Crippen LogP contribution < -0.4 is 5.56 Å². The fraction of sp³-hybridized carbons (Fsp3) is 0.125. The van der Waals surface area contributed by atoms with Crippen molar-refractivity contribution in [3.8, 4) is 0 Å². The summed E-state index contributed by atoms with van der Waals surface area (Å²) in [6, 6.07) is 12.2. The molecule has 0 N–H and O–H groups in total. The lowest BCUT2D eigenvalue weighted by molar-refractivity contribution is 0.0460. The van der Waals surface area contributed by atoms with Crippen molar-refractivity contribution in [2.75, 3.05) is 0 Å². The fourth-order valence-corrected chi connectivity index (χ4v) is 2.14. The van der Waals surface area contributed by atoms with Crippen molar-refractivity contribution in [2.45, 2.75) is 6.61 Å². The molecule has 1 aromatic carbocycles. The molecule has 0 fully saturated rings. The third-order valence-electron chi connectivity index (χ3n) is 3.23. The molecule has 0 unspecified atom stereocenters. The van der Waals surface area contributed by atoms with Gasteiger partial charge in [-0.1, -0.05) is 24.3 Å². The maximum Gasteiger partial charge on any atom is 0.359 e. The first kappa shape index (κ1) is 13.9. The lowest BCUT2D eigenvalue weighted by Gasteiger charge is -2.08. The Morgan fingerprint density at radius 2 is 1.86 bits per heavy atom. The van der Waals surface area contributed by atoms with Gasteiger partial charge < -0.3 is 4.74 Å². The van der Waals surface area contributed by atoms with E-state index >= 15 is 0 Å². The van der Waals surface area contributed by atoms with Crippen molar-refractivity contribution in [3.63, 3.8) is 0 Å². The molecule has 0 aliphatic carbocycles. The highest BCUT2D eigenvalue weighted by atomic mass is 16.5. The Balaban J connectivity index is 1.94. The van der Waals surface area contributed by atoms with E-state index in [4.69, 9.17) is 4.74 Å². The van der Waals surface area contributed by atoms with Crippen LogP contribution in [0.1, 0.15) is 16.2 Å². The molecule has 0 aliphatic rings. The van der Waals surface area contributed by atoms with Gasteiger partial charge in [-0.25, -0.2) is 9.48 Å². The van der Waals surface area contributed by atoms with Gasteiger partial charge in [0, 0.05) is 18.6 Å². The van der Waals surface area contributed by atoms with Crippen LogP contribution in [-0.4, -0.2) is 20.7 Å². The van der Waals surface area contributed by atoms with Crippen molar-refractivity contribution < 1.29 is 9.53 Å². The number of nitrogens with zero attached hydrogens (tertiary/aromatic N) is 3. The lowest BCUT2D eigenvalue weighted by atomic mass is 10.1. The minimum absolute atomic E-state index is 0.0541. The van der Waals surface area contributed by atoms with Crippen molar-refractivity contribution >= 4 is 16.7 Å². The largest absolute Gasteiger partial charge is 0.454 e. The maximum absolute atomic E-state index is 12.3. The van der Waals surface area contributed by atoms with E-state index in [2.05, 4.69) is 10.1 Å². The number of benzene rings is 1. The van der Waals surface area contributed by atoms with Gasteiger partial charge in [0.25, 0.3) is 5.56 Å². The number of aryl methyl sites for hydroxylation is 1. The molecule has 2 aromatic heterocycles. The zero-order valence-corrected chi connectivity index (χ0v) is 11.9. The fourth-order valence-electron chi connectivity index (χ4n) is 2.14. The van der Waals surface area contributed by atoms with Gasteiger partial charge in [0.05, 0.1) is 11.1 Å². The normalized spacial score (nSPS) is 10.6. The molecule has 0 amide bonds. The maximum atomic E-state index is 12.3. The number of carbonyl (C=O) groups is 1. The Bertz CT molecular complexity index is 888. The molecular formula is C16H13N3O3. The van der Waals surface area contributed by atoms with Gasteiger partial charge in [-0.05, 0) is 18.2 Å². The number of hydrogen-bond acceptors (Lipinski definition) is 5. The minimum atomic E-state index is -0.586. The SMILES string of the molecule is Cn1nc(C(=O)OCc2ccccn2)c2ccccc2c1=O. The van der Waals surface area contributed by atoms with Gasteiger partial charge in [0.1, 0.15) is 6.61 Å². The summed E-state index contributed by atoms with van der Waals surface area (Å²) >= 11 is 0. The Labute approximate surface area is 126 Å². The van der Waals surface area contributed by atoms with Crippen LogP contribution in [0.25, 0.3) is 10.8 Å². The second-order valence-corrected chi connectivity index (χ2v) is 4.72. The second kappa shape index (κ2) is 5.77. The van der Waals surface area contributed by atoms with Gasteiger partial charge in [0.15, 0.2) is 5.69 Å². The third kappa shape index (κ3) is 2.58. The van der Waals surface area contributed by atoms with E-state index in [9.17, 15) is 9.59 Å². The monoisotopic (exact) mass is 295 g/mol. The Kier molecular flexibility index (Phi) is 3.65. The van der Waals surface area contributed by atoms with Gasteiger partial charge in [-0.3, -0.25) is 9.78 Å². The molecule has 2 heterocycles. The highest BCUT2D eigenvalue weighted by Gasteiger charge is 2.17. The summed E-state index contributed by atoms with van der Waals surface area (Å²) < 4.78 is 6.38. The zero-order chi connectivity index (χ0) is 15.5. The summed E-state index contributed by atoms with van der Waals surface area (Å²) in [5, 5.41) is 4.94. The van der Waals surface area contributed by atoms with Crippen molar-refractivity contribution in [2.24, 2.45) is 7.05 Å². The number of pyridine rings is 1. The summed E-state index contributed by atoms with van der Waals surface area (Å²) in [7, 11) is 1.50. The summed E-state index contributed by atoms with van der Waals surface area (Å²) in [5.74, 6) is -0.586. The average molecular weight is 295 g/mol. The first-order valence-electron chi connectivity index (χ1n) is 6.70. The number of carbonyl (C=O) groups excluding carboxylic acids is 1. The van der Waals surface area contributed by atoms with Gasteiger partial charge in [-0.2, -0.15) is 5.10 Å². The highest BCUT2D eigenvalue weighted by molar-refractivity contribution is 6.02. The van der Waals surface area contributed by atoms with E-state index in [1.54, 1.807) is 42.6 Å². The van der Waals surface area contributed by atoms with E-state index < -0.39 is 5.97 Å². The number of fused-ring (bicyclic) bond motifs is 1. The van der Waals surface area contributed by atoms with Crippen LogP contribution in [0, 0.1) is 0 Å². The standard InChI is InChI=1S/C16H13N3O3/c1-19-15(20)13-8-3-2-7-12(13)14(18-19)16(21)22-10-11-6-4-5-9-17-11/h2-9H,10H2,1H3. The Morgan fingerprint density at radius 1 is 1.14 bits per heavy atom. The van der Waals surface area contributed by atoms with Gasteiger partial charge in [0.2, 0.25) is 0 Å². The van der Waals surface area contributed by atoms with E-state index in [0.717, 1.165) is 4.68 Å². The third-order valence-corrected chi connectivity index (χ3v) is 3.23. The molecule has 0 atom stereocenters. The minimum Gasteiger partial charge on any atom is -0.454 e. The molecule has 6 heteroatoms. The van der Waals surface area contributed by atoms with E-state index in [1.807, 2.05) is 6.07 Å². The van der Waals surface area contributed by atoms with Crippen molar-refractivity contribution in [1.29, 1.82) is 0 Å². The molecule has 0 saturated heterocycles. The smallest absolute Gasteiger partial charge is 0.359 e. The average Bonchev–Trinajstić information content (AvgIpc) is 2.57. The predicted octanol–water partition coefficient (Wildman–Crippen LogP) is 1.69. The summed E-state index contributed by atoms with van der Waals surface area (Å²) in [6.07, 6.45) is 1.63. The second-order valence-electron chi connectivity index (χ2n) is 4.72. The molecule has 0 aliphatic heterocycles. The van der Waals surface area contributed by atoms with E-state index in [1.165, 1.54) is 7.05 Å². The summed E-state index contributed by atoms with van der Waals surface area (Å²) in [5.41, 5.74) is 0.510. The first-order valence-corrected chi connectivity index (χ1v) is 6.70. The molecule has 22 heavy (non-hydrogen) atoms. The van der Waals surface area contributed by atoms with Gasteiger partial charge >= 0.3 is 5.97 Å². The van der Waals surface area contributed by atoms with Crippen LogP contribution in [0.4, 0.5) is 0 Å². The molecule has 110 valence electrons. The van der Waals surface area contributed by atoms with Crippen LogP contribution in [0.5, 0.6) is 0 Å². The van der Waals surface area contributed by atoms with Crippen molar-refractivity contribution in [3.05, 3.63) is 70.4 Å². The Morgan fingerprint density at radius 3 is 2.59 bits per heavy atom. The number of hydrogen-bond donors (Lipinski definition) is 0. The van der Waals surface area contributed by atoms with Crippen LogP contribution >= 0.6 is 0 Å². The molecule has 0 spiro atoms. The van der Waals surface area contributed by atoms with Crippen LogP contribution in [0.15, 0.2) is 53.5 Å². The predicted molar refractivity (Wildman–Crippen MR) is 80.3 cm³/mol. The quantitative estimate of drug-likeness (QED) is 0.687. The zero-order valence-electron chi connectivity index (χ0n) is 11.9. The first-order chi connectivity index (χ1) is 10.7. The lowest BCUT2D eigenvalue weighted by Crippen LogP contribution is -2.23. The van der Waals surface area contributed by atoms with Crippen LogP contribution in [-0.2, 0) is 18.4 Å². The van der Waals surface area contributed by atoms with Crippen LogP contribution in [0.3, 0.4) is 0 Å². The molecule has 0 saturated carbocycles. The topological polar surface area (TPSA) is 74.1 Å². The van der Waals surface area contributed by atoms with E-state index in [0.29, 0.717) is 16.5 Å². The summed E-state index contributed by atoms with van der Waals surface area (Å²) in [4.78, 5) is 28.4. The van der Waals surface area contributed by atoms with Crippen molar-refractivity contribution in [1.82, 2.24) is 14.8 Å². The number of rotatable bonds is 3. The molecule has 6 nitrogen and oxygen atoms in total. The molecular weight excluding hydrogens is 282 g/mol. The molecule has 3 aromatic rings. The van der Waals surface area contributed by atoms with E-state index in [-0.39, 0.29) is 17.9 Å². The Hall–Kier alpha value is -3.02. The number of ether oxygens (including phenoxy) is 1.